The number of hydrogen-bond donors (Lipinski definition) is 0. The third-order valence-electron chi connectivity index (χ3n) is 16.5. The van der Waals surface area contributed by atoms with Crippen molar-refractivity contribution in [3.8, 4) is 11.4 Å². The van der Waals surface area contributed by atoms with Crippen molar-refractivity contribution in [3.63, 3.8) is 0 Å². The van der Waals surface area contributed by atoms with Crippen molar-refractivity contribution in [2.45, 2.75) is 105 Å². The largest absolute Gasteiger partial charge is 0.309 e. The molecule has 4 nitrogen and oxygen atoms in total. The zero-order chi connectivity index (χ0) is 52.1. The lowest BCUT2D eigenvalue weighted by Crippen LogP contribution is -2.60. The van der Waals surface area contributed by atoms with Crippen LogP contribution in [-0.4, -0.2) is 15.8 Å². The number of para-hydroxylation sites is 3. The molecule has 0 radical (unpaired) electrons. The Bertz CT molecular complexity index is 4010. The number of hydrogen-bond acceptors (Lipinski definition) is 2. The average molecular weight is 975 g/mol. The van der Waals surface area contributed by atoms with Crippen LogP contribution in [0, 0.1) is 0 Å². The van der Waals surface area contributed by atoms with Crippen LogP contribution in [0.15, 0.2) is 188 Å². The van der Waals surface area contributed by atoms with Crippen LogP contribution >= 0.6 is 0 Å². The number of nitrogens with zero attached hydrogens (tertiary/aromatic N) is 4. The van der Waals surface area contributed by atoms with E-state index in [4.69, 9.17) is 0 Å². The minimum Gasteiger partial charge on any atom is -0.309 e. The summed E-state index contributed by atoms with van der Waals surface area (Å²) in [6.45, 7) is 27.7. The third kappa shape index (κ3) is 7.25. The second kappa shape index (κ2) is 16.4. The molecule has 0 unspecified atom stereocenters. The molecule has 370 valence electrons. The summed E-state index contributed by atoms with van der Waals surface area (Å²) in [6.07, 6.45) is 0. The molecule has 4 heterocycles. The van der Waals surface area contributed by atoms with E-state index in [9.17, 15) is 0 Å². The molecule has 0 bridgehead atoms. The van der Waals surface area contributed by atoms with E-state index in [1.54, 1.807) is 0 Å². The first-order valence-electron chi connectivity index (χ1n) is 27.1. The summed E-state index contributed by atoms with van der Waals surface area (Å²) in [5.41, 5.74) is 23.4. The predicted molar refractivity (Wildman–Crippen MR) is 324 cm³/mol. The van der Waals surface area contributed by atoms with Crippen LogP contribution in [0.1, 0.15) is 105 Å². The predicted octanol–water partition coefficient (Wildman–Crippen LogP) is 17.2. The quantitative estimate of drug-likeness (QED) is 0.160. The van der Waals surface area contributed by atoms with Crippen molar-refractivity contribution in [3.05, 3.63) is 210 Å². The average Bonchev–Trinajstić information content (AvgIpc) is 3.98. The van der Waals surface area contributed by atoms with Gasteiger partial charge in [-0.05, 0) is 139 Å². The maximum Gasteiger partial charge on any atom is 0.252 e. The zero-order valence-electron chi connectivity index (χ0n) is 45.8. The Balaban J connectivity index is 1.20. The molecule has 0 saturated heterocycles. The van der Waals surface area contributed by atoms with Crippen LogP contribution in [0.25, 0.3) is 55.0 Å². The number of fused-ring (bicyclic) bond motifs is 11. The van der Waals surface area contributed by atoms with Crippen molar-refractivity contribution in [2.75, 3.05) is 9.80 Å². The van der Waals surface area contributed by atoms with Crippen molar-refractivity contribution < 1.29 is 0 Å². The Morgan fingerprint density at radius 1 is 0.373 bits per heavy atom. The number of rotatable bonds is 5. The molecule has 2 aliphatic rings. The van der Waals surface area contributed by atoms with Gasteiger partial charge in [0.1, 0.15) is 0 Å². The van der Waals surface area contributed by atoms with Crippen molar-refractivity contribution in [1.82, 2.24) is 9.13 Å². The Morgan fingerprint density at radius 3 is 1.52 bits per heavy atom. The van der Waals surface area contributed by atoms with E-state index in [0.29, 0.717) is 0 Å². The van der Waals surface area contributed by atoms with Crippen LogP contribution in [-0.2, 0) is 21.7 Å². The monoisotopic (exact) mass is 975 g/mol. The van der Waals surface area contributed by atoms with Crippen LogP contribution in [0.3, 0.4) is 0 Å². The smallest absolute Gasteiger partial charge is 0.252 e. The summed E-state index contributed by atoms with van der Waals surface area (Å²) in [6, 6.07) is 72.2. The summed E-state index contributed by atoms with van der Waals surface area (Å²) < 4.78 is 5.13. The van der Waals surface area contributed by atoms with Gasteiger partial charge in [0.15, 0.2) is 0 Å². The number of anilines is 6. The fourth-order valence-corrected chi connectivity index (χ4v) is 12.5. The molecule has 0 spiro atoms. The van der Waals surface area contributed by atoms with E-state index in [1.165, 1.54) is 99.3 Å². The minimum atomic E-state index is -0.0669. The van der Waals surface area contributed by atoms with Gasteiger partial charge in [-0.15, -0.1) is 0 Å². The summed E-state index contributed by atoms with van der Waals surface area (Å²) >= 11 is 0. The van der Waals surface area contributed by atoms with Crippen LogP contribution in [0.4, 0.5) is 34.1 Å². The number of benzene rings is 9. The Kier molecular flexibility index (Phi) is 10.3. The topological polar surface area (TPSA) is 16.3 Å². The van der Waals surface area contributed by atoms with Gasteiger partial charge in [0.25, 0.3) is 6.71 Å². The fourth-order valence-electron chi connectivity index (χ4n) is 12.5. The van der Waals surface area contributed by atoms with Crippen molar-refractivity contribution in [2.24, 2.45) is 0 Å². The van der Waals surface area contributed by atoms with Gasteiger partial charge in [0.05, 0.1) is 27.9 Å². The van der Waals surface area contributed by atoms with Crippen LogP contribution < -0.4 is 26.2 Å². The van der Waals surface area contributed by atoms with Crippen molar-refractivity contribution >= 4 is 101 Å². The van der Waals surface area contributed by atoms with Crippen LogP contribution in [0.2, 0.25) is 0 Å². The highest BCUT2D eigenvalue weighted by Crippen LogP contribution is 2.51. The first-order valence-corrected chi connectivity index (χ1v) is 27.1. The first-order chi connectivity index (χ1) is 35.8. The minimum absolute atomic E-state index is 0.00310. The molecule has 11 aromatic rings. The van der Waals surface area contributed by atoms with E-state index >= 15 is 0 Å². The van der Waals surface area contributed by atoms with Gasteiger partial charge in [0.2, 0.25) is 0 Å². The molecule has 0 saturated carbocycles. The summed E-state index contributed by atoms with van der Waals surface area (Å²) in [7, 11) is 0. The molecule has 75 heavy (non-hydrogen) atoms. The van der Waals surface area contributed by atoms with Gasteiger partial charge < -0.3 is 18.9 Å². The molecule has 0 aliphatic carbocycles. The molecule has 0 amide bonds. The molecule has 0 N–H and O–H groups in total. The fraction of sp³-hybridized carbons (Fsp3) is 0.229. The lowest BCUT2D eigenvalue weighted by molar-refractivity contribution is 0.590. The summed E-state index contributed by atoms with van der Waals surface area (Å²) in [5, 5.41) is 5.07. The number of aromatic nitrogens is 2. The van der Waals surface area contributed by atoms with Gasteiger partial charge in [-0.1, -0.05) is 192 Å². The molecule has 5 heteroatoms. The van der Waals surface area contributed by atoms with Crippen molar-refractivity contribution in [1.29, 1.82) is 0 Å². The van der Waals surface area contributed by atoms with Gasteiger partial charge in [0, 0.05) is 61.2 Å². The Labute approximate surface area is 444 Å². The molecule has 0 atom stereocenters. The normalized spacial score (nSPS) is 13.5. The summed E-state index contributed by atoms with van der Waals surface area (Å²) in [4.78, 5) is 5.15. The molecular weight excluding hydrogens is 908 g/mol. The molecule has 0 fully saturated rings. The standard InChI is InChI=1S/C70H67BN4/c1-67(2,3)44-25-32-49(33-26-44)72(50-34-27-45(28-35-50)68(4,5)6)61-42-41-60-63-66(61)74(51-36-29-46(30-37-51)69(7,8)9)58-39-31-47(70(10,11)12)43-56(58)71(63)55-23-18-22-52-53-38-40-59-62(65(53)75(60)64(52)55)54-21-16-17-24-57(54)73(59)48-19-14-13-15-20-48/h13-43H,1-12H3. The van der Waals surface area contributed by atoms with E-state index in [2.05, 4.69) is 290 Å². The van der Waals surface area contributed by atoms with E-state index in [-0.39, 0.29) is 28.4 Å². The Morgan fingerprint density at radius 2 is 0.907 bits per heavy atom. The summed E-state index contributed by atoms with van der Waals surface area (Å²) in [5.74, 6) is 0. The lowest BCUT2D eigenvalue weighted by atomic mass is 9.33. The molecule has 9 aromatic carbocycles. The van der Waals surface area contributed by atoms with Gasteiger partial charge in [-0.3, -0.25) is 0 Å². The highest BCUT2D eigenvalue weighted by molar-refractivity contribution is 7.00. The first kappa shape index (κ1) is 47.0. The zero-order valence-corrected chi connectivity index (χ0v) is 45.8. The second-order valence-electron chi connectivity index (χ2n) is 25.5. The van der Waals surface area contributed by atoms with Gasteiger partial charge >= 0.3 is 0 Å². The molecular formula is C70H67BN4. The SMILES string of the molecule is CC(C)(C)c1ccc(N(c2ccc(C(C)(C)C)cc2)c2ccc3c4c2N(c2ccc(C(C)(C)C)cc2)c2ccc(C(C)(C)C)cc2B4c2cccc4c5ccc6c(c7ccccc7n6-c6ccccc6)c5n-3c24)cc1. The lowest BCUT2D eigenvalue weighted by Gasteiger charge is -2.43. The maximum atomic E-state index is 2.67. The van der Waals surface area contributed by atoms with E-state index in [1.807, 2.05) is 0 Å². The second-order valence-corrected chi connectivity index (χ2v) is 25.5. The maximum absolute atomic E-state index is 2.67. The third-order valence-corrected chi connectivity index (χ3v) is 16.5. The van der Waals surface area contributed by atoms with E-state index < -0.39 is 0 Å². The highest BCUT2D eigenvalue weighted by atomic mass is 15.2. The van der Waals surface area contributed by atoms with Gasteiger partial charge in [-0.2, -0.15) is 0 Å². The van der Waals surface area contributed by atoms with E-state index in [0.717, 1.165) is 28.4 Å². The molecule has 13 rings (SSSR count). The Hall–Kier alpha value is -7.76. The molecule has 2 aliphatic heterocycles. The van der Waals surface area contributed by atoms with Crippen LogP contribution in [0.5, 0.6) is 0 Å². The highest BCUT2D eigenvalue weighted by Gasteiger charge is 2.45. The van der Waals surface area contributed by atoms with Gasteiger partial charge in [-0.25, -0.2) is 0 Å². The molecule has 2 aromatic heterocycles.